The predicted molar refractivity (Wildman–Crippen MR) is 57.4 cm³/mol. The lowest BCUT2D eigenvalue weighted by Crippen LogP contribution is -1.80. The van der Waals surface area contributed by atoms with Gasteiger partial charge in [-0.1, -0.05) is 11.3 Å². The van der Waals surface area contributed by atoms with Crippen molar-refractivity contribution in [1.29, 1.82) is 0 Å². The maximum absolute atomic E-state index is 13.2. The topological polar surface area (TPSA) is 25.8 Å². The van der Waals surface area contributed by atoms with Crippen LogP contribution in [0.1, 0.15) is 17.3 Å². The van der Waals surface area contributed by atoms with Crippen molar-refractivity contribution in [3.05, 3.63) is 22.3 Å². The monoisotopic (exact) mass is 248 g/mol. The SMILES string of the molecule is CC(Cl)c1nnc(-c2sccc2F)s1. The van der Waals surface area contributed by atoms with Crippen molar-refractivity contribution in [2.75, 3.05) is 0 Å². The molecule has 0 spiro atoms. The van der Waals surface area contributed by atoms with Crippen molar-refractivity contribution in [3.63, 3.8) is 0 Å². The molecule has 0 amide bonds. The number of alkyl halides is 1. The average molecular weight is 249 g/mol. The van der Waals surface area contributed by atoms with Crippen LogP contribution in [0.2, 0.25) is 0 Å². The first-order valence-corrected chi connectivity index (χ1v) is 6.02. The van der Waals surface area contributed by atoms with Gasteiger partial charge in [0.25, 0.3) is 0 Å². The van der Waals surface area contributed by atoms with Crippen molar-refractivity contribution < 1.29 is 4.39 Å². The Hall–Kier alpha value is -0.520. The highest BCUT2D eigenvalue weighted by molar-refractivity contribution is 7.20. The number of aromatic nitrogens is 2. The summed E-state index contributed by atoms with van der Waals surface area (Å²) in [6.07, 6.45) is 0. The molecule has 0 aliphatic heterocycles. The molecule has 0 fully saturated rings. The van der Waals surface area contributed by atoms with Gasteiger partial charge in [-0.05, 0) is 18.4 Å². The van der Waals surface area contributed by atoms with Crippen molar-refractivity contribution in [2.45, 2.75) is 12.3 Å². The average Bonchev–Trinajstić information content (AvgIpc) is 2.71. The van der Waals surface area contributed by atoms with E-state index < -0.39 is 0 Å². The first-order valence-electron chi connectivity index (χ1n) is 3.89. The Morgan fingerprint density at radius 1 is 1.50 bits per heavy atom. The molecule has 2 aromatic heterocycles. The Bertz CT molecular complexity index is 438. The van der Waals surface area contributed by atoms with E-state index in [9.17, 15) is 4.39 Å². The van der Waals surface area contributed by atoms with E-state index in [-0.39, 0.29) is 11.2 Å². The summed E-state index contributed by atoms with van der Waals surface area (Å²) in [5.41, 5.74) is 0. The zero-order valence-corrected chi connectivity index (χ0v) is 9.59. The molecule has 0 aliphatic rings. The Morgan fingerprint density at radius 2 is 2.29 bits per heavy atom. The summed E-state index contributed by atoms with van der Waals surface area (Å²) in [7, 11) is 0. The smallest absolute Gasteiger partial charge is 0.160 e. The lowest BCUT2D eigenvalue weighted by Gasteiger charge is -1.91. The fourth-order valence-electron chi connectivity index (χ4n) is 0.933. The number of hydrogen-bond acceptors (Lipinski definition) is 4. The van der Waals surface area contributed by atoms with E-state index in [2.05, 4.69) is 10.2 Å². The molecule has 0 aliphatic carbocycles. The van der Waals surface area contributed by atoms with Gasteiger partial charge in [0, 0.05) is 0 Å². The van der Waals surface area contributed by atoms with Gasteiger partial charge in [0.05, 0.1) is 5.38 Å². The van der Waals surface area contributed by atoms with Gasteiger partial charge in [-0.2, -0.15) is 0 Å². The van der Waals surface area contributed by atoms with Gasteiger partial charge in [0.2, 0.25) is 0 Å². The normalized spacial score (nSPS) is 13.1. The molecule has 74 valence electrons. The van der Waals surface area contributed by atoms with Crippen molar-refractivity contribution in [3.8, 4) is 9.88 Å². The Morgan fingerprint density at radius 3 is 2.79 bits per heavy atom. The molecule has 0 N–H and O–H groups in total. The first kappa shape index (κ1) is 10.0. The second-order valence-corrected chi connectivity index (χ2v) is 5.24. The molecule has 14 heavy (non-hydrogen) atoms. The standard InChI is InChI=1S/C8H6ClFN2S2/c1-4(9)7-11-12-8(14-7)6-5(10)2-3-13-6/h2-4H,1H3. The van der Waals surface area contributed by atoms with Crippen LogP contribution in [0, 0.1) is 5.82 Å². The molecule has 0 radical (unpaired) electrons. The molecule has 2 aromatic rings. The molecule has 0 aromatic carbocycles. The maximum atomic E-state index is 13.2. The Labute approximate surface area is 93.4 Å². The van der Waals surface area contributed by atoms with Crippen LogP contribution >= 0.6 is 34.3 Å². The van der Waals surface area contributed by atoms with Crippen LogP contribution in [-0.2, 0) is 0 Å². The number of rotatable bonds is 2. The van der Waals surface area contributed by atoms with Crippen LogP contribution in [0.15, 0.2) is 11.4 Å². The molecule has 6 heteroatoms. The van der Waals surface area contributed by atoms with E-state index in [1.54, 1.807) is 5.38 Å². The summed E-state index contributed by atoms with van der Waals surface area (Å²) < 4.78 is 13.2. The van der Waals surface area contributed by atoms with Crippen molar-refractivity contribution in [1.82, 2.24) is 10.2 Å². The zero-order chi connectivity index (χ0) is 10.1. The number of nitrogens with zero attached hydrogens (tertiary/aromatic N) is 2. The quantitative estimate of drug-likeness (QED) is 0.758. The molecule has 2 heterocycles. The largest absolute Gasteiger partial charge is 0.205 e. The first-order chi connectivity index (χ1) is 6.68. The van der Waals surface area contributed by atoms with E-state index in [0.717, 1.165) is 5.01 Å². The van der Waals surface area contributed by atoms with Gasteiger partial charge >= 0.3 is 0 Å². The highest BCUT2D eigenvalue weighted by Gasteiger charge is 2.14. The maximum Gasteiger partial charge on any atom is 0.160 e. The third kappa shape index (κ3) is 1.80. The molecular weight excluding hydrogens is 243 g/mol. The van der Waals surface area contributed by atoms with Crippen LogP contribution < -0.4 is 0 Å². The van der Waals surface area contributed by atoms with Crippen LogP contribution in [0.5, 0.6) is 0 Å². The summed E-state index contributed by atoms with van der Waals surface area (Å²) in [5.74, 6) is -0.250. The van der Waals surface area contributed by atoms with Crippen molar-refractivity contribution >= 4 is 34.3 Å². The number of thiophene rings is 1. The fourth-order valence-corrected chi connectivity index (χ4v) is 2.74. The minimum Gasteiger partial charge on any atom is -0.205 e. The minimum atomic E-state index is -0.250. The van der Waals surface area contributed by atoms with Gasteiger partial charge in [-0.3, -0.25) is 0 Å². The van der Waals surface area contributed by atoms with E-state index in [1.165, 1.54) is 28.7 Å². The summed E-state index contributed by atoms with van der Waals surface area (Å²) in [6, 6.07) is 1.42. The van der Waals surface area contributed by atoms with Crippen LogP contribution in [0.4, 0.5) is 4.39 Å². The second kappa shape index (κ2) is 3.92. The summed E-state index contributed by atoms with van der Waals surface area (Å²) in [5, 5.41) is 10.6. The van der Waals surface area contributed by atoms with Gasteiger partial charge in [-0.25, -0.2) is 4.39 Å². The number of halogens is 2. The van der Waals surface area contributed by atoms with Crippen molar-refractivity contribution in [2.24, 2.45) is 0 Å². The van der Waals surface area contributed by atoms with Crippen LogP contribution in [0.25, 0.3) is 9.88 Å². The lowest BCUT2D eigenvalue weighted by atomic mass is 10.5. The van der Waals surface area contributed by atoms with Gasteiger partial charge in [0.1, 0.15) is 15.7 Å². The van der Waals surface area contributed by atoms with E-state index in [1.807, 2.05) is 6.92 Å². The van der Waals surface area contributed by atoms with Gasteiger partial charge in [-0.15, -0.1) is 33.1 Å². The van der Waals surface area contributed by atoms with E-state index in [4.69, 9.17) is 11.6 Å². The zero-order valence-electron chi connectivity index (χ0n) is 7.20. The third-order valence-corrected chi connectivity index (χ3v) is 4.08. The molecule has 0 saturated carbocycles. The van der Waals surface area contributed by atoms with E-state index in [0.29, 0.717) is 9.88 Å². The second-order valence-electron chi connectivity index (χ2n) is 2.66. The molecule has 0 bridgehead atoms. The molecule has 0 saturated heterocycles. The van der Waals surface area contributed by atoms with Gasteiger partial charge in [0.15, 0.2) is 5.01 Å². The Kier molecular flexibility index (Phi) is 2.80. The summed E-state index contributed by atoms with van der Waals surface area (Å²) >= 11 is 8.48. The molecule has 1 unspecified atom stereocenters. The predicted octanol–water partition coefficient (Wildman–Crippen LogP) is 3.71. The van der Waals surface area contributed by atoms with Crippen LogP contribution in [0.3, 0.4) is 0 Å². The van der Waals surface area contributed by atoms with Gasteiger partial charge < -0.3 is 0 Å². The minimum absolute atomic E-state index is 0.177. The Balaban J connectivity index is 2.39. The molecule has 1 atom stereocenters. The van der Waals surface area contributed by atoms with Crippen LogP contribution in [-0.4, -0.2) is 10.2 Å². The number of hydrogen-bond donors (Lipinski definition) is 0. The molecule has 2 nitrogen and oxygen atoms in total. The molecular formula is C8H6ClFN2S2. The highest BCUT2D eigenvalue weighted by atomic mass is 35.5. The van der Waals surface area contributed by atoms with E-state index >= 15 is 0 Å². The molecule has 2 rings (SSSR count). The highest BCUT2D eigenvalue weighted by Crippen LogP contribution is 2.33. The fraction of sp³-hybridized carbons (Fsp3) is 0.250. The third-order valence-electron chi connectivity index (χ3n) is 1.59. The summed E-state index contributed by atoms with van der Waals surface area (Å²) in [6.45, 7) is 1.82. The summed E-state index contributed by atoms with van der Waals surface area (Å²) in [4.78, 5) is 0.533. The lowest BCUT2D eigenvalue weighted by molar-refractivity contribution is 0.636.